The first-order chi connectivity index (χ1) is 8.99. The van der Waals surface area contributed by atoms with E-state index in [4.69, 9.17) is 5.11 Å². The lowest BCUT2D eigenvalue weighted by atomic mass is 9.97. The van der Waals surface area contributed by atoms with E-state index in [0.29, 0.717) is 0 Å². The Morgan fingerprint density at radius 1 is 0.947 bits per heavy atom. The topological polar surface area (TPSA) is 54.4 Å². The summed E-state index contributed by atoms with van der Waals surface area (Å²) >= 11 is 0. The van der Waals surface area contributed by atoms with Gasteiger partial charge in [-0.2, -0.15) is 0 Å². The minimum atomic E-state index is -1.43. The van der Waals surface area contributed by atoms with E-state index in [1.807, 2.05) is 26.0 Å². The molecule has 0 bridgehead atoms. The third-order valence-electron chi connectivity index (χ3n) is 3.05. The Labute approximate surface area is 111 Å². The first-order valence-corrected chi connectivity index (χ1v) is 5.94. The second-order valence-corrected chi connectivity index (χ2v) is 4.53. The number of rotatable bonds is 3. The van der Waals surface area contributed by atoms with Crippen LogP contribution in [0.5, 0.6) is 0 Å². The molecule has 19 heavy (non-hydrogen) atoms. The number of aliphatic carboxylic acids is 1. The number of carboxylic acids is 1. The molecule has 2 aromatic carbocycles. The maximum absolute atomic E-state index is 11.3. The zero-order valence-corrected chi connectivity index (χ0v) is 10.8. The maximum Gasteiger partial charge on any atom is 0.377 e. The molecular formula is C16H14O3. The highest BCUT2D eigenvalue weighted by Gasteiger charge is 2.14. The maximum atomic E-state index is 11.3. The Hall–Kier alpha value is -2.42. The molecule has 3 nitrogen and oxygen atoms in total. The van der Waals surface area contributed by atoms with Gasteiger partial charge in [-0.05, 0) is 30.5 Å². The highest BCUT2D eigenvalue weighted by molar-refractivity contribution is 6.39. The van der Waals surface area contributed by atoms with E-state index in [9.17, 15) is 9.59 Å². The summed E-state index contributed by atoms with van der Waals surface area (Å²) in [5, 5.41) is 8.65. The molecule has 0 spiro atoms. The fourth-order valence-corrected chi connectivity index (χ4v) is 1.97. The van der Waals surface area contributed by atoms with E-state index in [1.54, 1.807) is 24.3 Å². The van der Waals surface area contributed by atoms with E-state index < -0.39 is 11.8 Å². The molecule has 0 amide bonds. The van der Waals surface area contributed by atoms with Crippen molar-refractivity contribution in [3.05, 3.63) is 59.2 Å². The van der Waals surface area contributed by atoms with Crippen LogP contribution in [0.3, 0.4) is 0 Å². The van der Waals surface area contributed by atoms with Crippen LogP contribution in [-0.4, -0.2) is 16.9 Å². The van der Waals surface area contributed by atoms with Crippen LogP contribution >= 0.6 is 0 Å². The van der Waals surface area contributed by atoms with Crippen molar-refractivity contribution in [2.75, 3.05) is 0 Å². The van der Waals surface area contributed by atoms with Crippen LogP contribution in [-0.2, 0) is 4.79 Å². The van der Waals surface area contributed by atoms with Crippen LogP contribution < -0.4 is 0 Å². The van der Waals surface area contributed by atoms with Gasteiger partial charge in [-0.1, -0.05) is 48.0 Å². The first kappa shape index (κ1) is 13.0. The van der Waals surface area contributed by atoms with Gasteiger partial charge < -0.3 is 5.11 Å². The van der Waals surface area contributed by atoms with Crippen molar-refractivity contribution in [3.8, 4) is 11.1 Å². The minimum absolute atomic E-state index is 0.196. The van der Waals surface area contributed by atoms with Crippen molar-refractivity contribution >= 4 is 11.8 Å². The van der Waals surface area contributed by atoms with Crippen LogP contribution in [0.1, 0.15) is 21.5 Å². The average molecular weight is 254 g/mol. The van der Waals surface area contributed by atoms with Crippen molar-refractivity contribution < 1.29 is 14.7 Å². The smallest absolute Gasteiger partial charge is 0.377 e. The third kappa shape index (κ3) is 2.71. The van der Waals surface area contributed by atoms with Crippen molar-refractivity contribution in [2.45, 2.75) is 13.8 Å². The summed E-state index contributed by atoms with van der Waals surface area (Å²) in [6.07, 6.45) is 0. The van der Waals surface area contributed by atoms with Gasteiger partial charge in [0.1, 0.15) is 0 Å². The number of hydrogen-bond acceptors (Lipinski definition) is 2. The molecule has 0 heterocycles. The number of aryl methyl sites for hydroxylation is 2. The van der Waals surface area contributed by atoms with Gasteiger partial charge in [0.2, 0.25) is 0 Å². The molecule has 2 aromatic rings. The van der Waals surface area contributed by atoms with Crippen LogP contribution in [0.25, 0.3) is 11.1 Å². The zero-order chi connectivity index (χ0) is 14.0. The number of benzene rings is 2. The van der Waals surface area contributed by atoms with Crippen molar-refractivity contribution in [3.63, 3.8) is 0 Å². The lowest BCUT2D eigenvalue weighted by Crippen LogP contribution is -2.12. The zero-order valence-electron chi connectivity index (χ0n) is 10.8. The number of ketones is 1. The molecule has 96 valence electrons. The Morgan fingerprint density at radius 2 is 1.58 bits per heavy atom. The van der Waals surface area contributed by atoms with Crippen molar-refractivity contribution in [1.29, 1.82) is 0 Å². The first-order valence-electron chi connectivity index (χ1n) is 5.94. The molecule has 0 aliphatic carbocycles. The number of carbonyl (C=O) groups excluding carboxylic acids is 1. The second kappa shape index (κ2) is 5.06. The Kier molecular flexibility index (Phi) is 3.47. The molecule has 0 aromatic heterocycles. The summed E-state index contributed by atoms with van der Waals surface area (Å²) in [5.41, 5.74) is 4.56. The van der Waals surface area contributed by atoms with Crippen molar-refractivity contribution in [1.82, 2.24) is 0 Å². The van der Waals surface area contributed by atoms with Gasteiger partial charge in [0.05, 0.1) is 0 Å². The van der Waals surface area contributed by atoms with Crippen molar-refractivity contribution in [2.24, 2.45) is 0 Å². The summed E-state index contributed by atoms with van der Waals surface area (Å²) < 4.78 is 0. The summed E-state index contributed by atoms with van der Waals surface area (Å²) in [6, 6.07) is 12.8. The number of hydrogen-bond donors (Lipinski definition) is 1. The third-order valence-corrected chi connectivity index (χ3v) is 3.05. The largest absolute Gasteiger partial charge is 0.475 e. The van der Waals surface area contributed by atoms with E-state index in [0.717, 1.165) is 22.3 Å². The molecule has 0 atom stereocenters. The Bertz CT molecular complexity index is 640. The molecule has 0 aliphatic heterocycles. The van der Waals surface area contributed by atoms with Gasteiger partial charge in [-0.15, -0.1) is 0 Å². The number of carbonyl (C=O) groups is 2. The second-order valence-electron chi connectivity index (χ2n) is 4.53. The molecule has 0 radical (unpaired) electrons. The van der Waals surface area contributed by atoms with Gasteiger partial charge >= 0.3 is 5.97 Å². The minimum Gasteiger partial charge on any atom is -0.475 e. The van der Waals surface area contributed by atoms with Crippen LogP contribution in [0.15, 0.2) is 42.5 Å². The molecular weight excluding hydrogens is 240 g/mol. The molecule has 0 unspecified atom stereocenters. The molecule has 3 heteroatoms. The molecule has 0 saturated heterocycles. The van der Waals surface area contributed by atoms with Crippen LogP contribution in [0, 0.1) is 13.8 Å². The normalized spacial score (nSPS) is 10.2. The molecule has 1 N–H and O–H groups in total. The quantitative estimate of drug-likeness (QED) is 0.675. The summed E-state index contributed by atoms with van der Waals surface area (Å²) in [7, 11) is 0. The number of carboxylic acid groups (broad SMARTS) is 1. The lowest BCUT2D eigenvalue weighted by Gasteiger charge is -2.08. The summed E-state index contributed by atoms with van der Waals surface area (Å²) in [5.74, 6) is -2.31. The van der Waals surface area contributed by atoms with Crippen LogP contribution in [0.4, 0.5) is 0 Å². The SMILES string of the molecule is Cc1ccc(C)c(-c2ccc(C(=O)C(=O)O)cc2)c1. The highest BCUT2D eigenvalue weighted by atomic mass is 16.4. The summed E-state index contributed by atoms with van der Waals surface area (Å²) in [4.78, 5) is 21.9. The predicted molar refractivity (Wildman–Crippen MR) is 73.3 cm³/mol. The fourth-order valence-electron chi connectivity index (χ4n) is 1.97. The fraction of sp³-hybridized carbons (Fsp3) is 0.125. The molecule has 2 rings (SSSR count). The van der Waals surface area contributed by atoms with Gasteiger partial charge in [-0.3, -0.25) is 4.79 Å². The predicted octanol–water partition coefficient (Wildman–Crippen LogP) is 3.24. The van der Waals surface area contributed by atoms with Gasteiger partial charge in [0, 0.05) is 5.56 Å². The lowest BCUT2D eigenvalue weighted by molar-refractivity contribution is -0.131. The van der Waals surface area contributed by atoms with Gasteiger partial charge in [-0.25, -0.2) is 4.79 Å². The molecule has 0 saturated carbocycles. The standard InChI is InChI=1S/C16H14O3/c1-10-3-4-11(2)14(9-10)12-5-7-13(8-6-12)15(17)16(18)19/h3-9H,1-2H3,(H,18,19). The monoisotopic (exact) mass is 254 g/mol. The average Bonchev–Trinajstić information content (AvgIpc) is 2.41. The highest BCUT2D eigenvalue weighted by Crippen LogP contribution is 2.24. The Balaban J connectivity index is 2.40. The van der Waals surface area contributed by atoms with E-state index in [1.165, 1.54) is 0 Å². The van der Waals surface area contributed by atoms with E-state index in [2.05, 4.69) is 6.07 Å². The molecule has 0 aliphatic rings. The Morgan fingerprint density at radius 3 is 2.16 bits per heavy atom. The van der Waals surface area contributed by atoms with E-state index >= 15 is 0 Å². The number of Topliss-reactive ketones (excluding diaryl/α,β-unsaturated/α-hetero) is 1. The van der Waals surface area contributed by atoms with Crippen LogP contribution in [0.2, 0.25) is 0 Å². The van der Waals surface area contributed by atoms with Gasteiger partial charge in [0.25, 0.3) is 5.78 Å². The molecule has 0 fully saturated rings. The summed E-state index contributed by atoms with van der Waals surface area (Å²) in [6.45, 7) is 4.04. The van der Waals surface area contributed by atoms with Gasteiger partial charge in [0.15, 0.2) is 0 Å². The van der Waals surface area contributed by atoms with E-state index in [-0.39, 0.29) is 5.56 Å².